The lowest BCUT2D eigenvalue weighted by Gasteiger charge is -2.32. The summed E-state index contributed by atoms with van der Waals surface area (Å²) in [5.74, 6) is -0.282. The summed E-state index contributed by atoms with van der Waals surface area (Å²) in [5.41, 5.74) is 2.45. The van der Waals surface area contributed by atoms with Crippen LogP contribution in [0.15, 0.2) is 42.6 Å². The molecule has 1 saturated heterocycles. The van der Waals surface area contributed by atoms with Gasteiger partial charge in [-0.1, -0.05) is 30.3 Å². The van der Waals surface area contributed by atoms with E-state index < -0.39 is 24.9 Å². The molecular weight excluding hydrogens is 405 g/mol. The van der Waals surface area contributed by atoms with Crippen molar-refractivity contribution in [3.63, 3.8) is 0 Å². The molecule has 2 heterocycles. The predicted molar refractivity (Wildman–Crippen MR) is 113 cm³/mol. The first-order valence-electron chi connectivity index (χ1n) is 9.76. The normalized spacial score (nSPS) is 17.3. The largest absolute Gasteiger partial charge is 0.494 e. The molecule has 2 aromatic carbocycles. The average molecular weight is 426 g/mol. The quantitative estimate of drug-likeness (QED) is 0.454. The lowest BCUT2D eigenvalue weighted by Crippen LogP contribution is -2.41. The number of carbonyl (C=O) groups is 1. The Labute approximate surface area is 178 Å². The van der Waals surface area contributed by atoms with Crippen molar-refractivity contribution in [2.24, 2.45) is 0 Å². The van der Waals surface area contributed by atoms with E-state index in [1.165, 1.54) is 0 Å². The zero-order valence-corrected chi connectivity index (χ0v) is 17.6. The van der Waals surface area contributed by atoms with Crippen LogP contribution < -0.4 is 10.2 Å². The van der Waals surface area contributed by atoms with Gasteiger partial charge in [0.15, 0.2) is 0 Å². The molecule has 31 heavy (non-hydrogen) atoms. The van der Waals surface area contributed by atoms with E-state index >= 15 is 0 Å². The van der Waals surface area contributed by atoms with E-state index in [4.69, 9.17) is 9.31 Å². The molecule has 6 nitrogen and oxygen atoms in total. The third-order valence-electron chi connectivity index (χ3n) is 5.74. The SMILES string of the molecule is CC1(C)OB(c2cc(-c3ccc(C=O)cc3)c3ncc(OC(F)F)nc3c2)OC1(C)C. The molecule has 0 spiro atoms. The maximum Gasteiger partial charge on any atom is 0.494 e. The minimum atomic E-state index is -3.01. The molecule has 0 radical (unpaired) electrons. The average Bonchev–Trinajstić information content (AvgIpc) is 2.93. The van der Waals surface area contributed by atoms with Crippen molar-refractivity contribution < 1.29 is 27.6 Å². The van der Waals surface area contributed by atoms with Crippen molar-refractivity contribution in [2.45, 2.75) is 45.5 Å². The Bertz CT molecular complexity index is 1120. The summed E-state index contributed by atoms with van der Waals surface area (Å²) >= 11 is 0. The Balaban J connectivity index is 1.87. The summed E-state index contributed by atoms with van der Waals surface area (Å²) in [5, 5.41) is 0. The molecule has 0 N–H and O–H groups in total. The van der Waals surface area contributed by atoms with E-state index in [-0.39, 0.29) is 5.88 Å². The molecular formula is C22H21BF2N2O4. The van der Waals surface area contributed by atoms with Crippen molar-refractivity contribution in [2.75, 3.05) is 0 Å². The number of ether oxygens (including phenoxy) is 1. The van der Waals surface area contributed by atoms with E-state index in [9.17, 15) is 13.6 Å². The van der Waals surface area contributed by atoms with E-state index in [0.717, 1.165) is 18.0 Å². The zero-order valence-electron chi connectivity index (χ0n) is 17.6. The van der Waals surface area contributed by atoms with Gasteiger partial charge in [-0.05, 0) is 44.8 Å². The van der Waals surface area contributed by atoms with Gasteiger partial charge in [0.1, 0.15) is 6.29 Å². The lowest BCUT2D eigenvalue weighted by atomic mass is 9.77. The first kappa shape index (κ1) is 21.3. The maximum atomic E-state index is 12.7. The Morgan fingerprint density at radius 2 is 1.71 bits per heavy atom. The van der Waals surface area contributed by atoms with E-state index in [1.807, 2.05) is 33.8 Å². The van der Waals surface area contributed by atoms with Gasteiger partial charge in [0.05, 0.1) is 28.4 Å². The van der Waals surface area contributed by atoms with Gasteiger partial charge in [-0.15, -0.1) is 0 Å². The van der Waals surface area contributed by atoms with Crippen molar-refractivity contribution in [1.29, 1.82) is 0 Å². The van der Waals surface area contributed by atoms with Crippen molar-refractivity contribution in [3.8, 4) is 17.0 Å². The van der Waals surface area contributed by atoms with Crippen LogP contribution in [0.1, 0.15) is 38.1 Å². The van der Waals surface area contributed by atoms with Gasteiger partial charge in [-0.25, -0.2) is 9.97 Å². The molecule has 1 fully saturated rings. The number of benzene rings is 2. The summed E-state index contributed by atoms with van der Waals surface area (Å²) < 4.78 is 42.1. The second-order valence-electron chi connectivity index (χ2n) is 8.35. The highest BCUT2D eigenvalue weighted by Crippen LogP contribution is 2.37. The third kappa shape index (κ3) is 4.03. The number of alkyl halides is 2. The Morgan fingerprint density at radius 1 is 1.06 bits per heavy atom. The van der Waals surface area contributed by atoms with Crippen LogP contribution in [0.2, 0.25) is 0 Å². The number of aromatic nitrogens is 2. The van der Waals surface area contributed by atoms with Crippen LogP contribution in [-0.2, 0) is 9.31 Å². The highest BCUT2D eigenvalue weighted by atomic mass is 19.3. The van der Waals surface area contributed by atoms with Crippen LogP contribution in [0, 0.1) is 0 Å². The first-order valence-corrected chi connectivity index (χ1v) is 9.76. The van der Waals surface area contributed by atoms with Crippen molar-refractivity contribution in [3.05, 3.63) is 48.2 Å². The molecule has 0 unspecified atom stereocenters. The van der Waals surface area contributed by atoms with Crippen LogP contribution in [0.3, 0.4) is 0 Å². The van der Waals surface area contributed by atoms with E-state index in [2.05, 4.69) is 14.7 Å². The number of fused-ring (bicyclic) bond motifs is 1. The zero-order chi connectivity index (χ0) is 22.4. The van der Waals surface area contributed by atoms with Crippen molar-refractivity contribution >= 4 is 29.9 Å². The Morgan fingerprint density at radius 3 is 2.29 bits per heavy atom. The van der Waals surface area contributed by atoms with Gasteiger partial charge >= 0.3 is 13.7 Å². The number of halogens is 2. The van der Waals surface area contributed by atoms with Gasteiger partial charge in [0, 0.05) is 11.1 Å². The number of hydrogen-bond acceptors (Lipinski definition) is 6. The topological polar surface area (TPSA) is 70.5 Å². The molecule has 0 bridgehead atoms. The minimum Gasteiger partial charge on any atom is -0.415 e. The number of rotatable bonds is 5. The monoisotopic (exact) mass is 426 g/mol. The smallest absolute Gasteiger partial charge is 0.415 e. The van der Waals surface area contributed by atoms with Crippen LogP contribution in [0.4, 0.5) is 8.78 Å². The third-order valence-corrected chi connectivity index (χ3v) is 5.74. The van der Waals surface area contributed by atoms with Gasteiger partial charge < -0.3 is 14.0 Å². The van der Waals surface area contributed by atoms with Gasteiger partial charge in [-0.3, -0.25) is 4.79 Å². The molecule has 1 aliphatic heterocycles. The van der Waals surface area contributed by atoms with Gasteiger partial charge in [-0.2, -0.15) is 8.78 Å². The van der Waals surface area contributed by atoms with Crippen LogP contribution >= 0.6 is 0 Å². The second kappa shape index (κ2) is 7.65. The van der Waals surface area contributed by atoms with Gasteiger partial charge in [0.2, 0.25) is 5.88 Å². The predicted octanol–water partition coefficient (Wildman–Crippen LogP) is 4.01. The number of aldehydes is 1. The van der Waals surface area contributed by atoms with Crippen molar-refractivity contribution in [1.82, 2.24) is 9.97 Å². The summed E-state index contributed by atoms with van der Waals surface area (Å²) in [4.78, 5) is 19.5. The van der Waals surface area contributed by atoms with Crippen LogP contribution in [0.5, 0.6) is 5.88 Å². The van der Waals surface area contributed by atoms with E-state index in [1.54, 1.807) is 30.3 Å². The fraction of sp³-hybridized carbons (Fsp3) is 0.318. The molecule has 0 aliphatic carbocycles. The molecule has 0 atom stereocenters. The summed E-state index contributed by atoms with van der Waals surface area (Å²) in [7, 11) is -0.677. The first-order chi connectivity index (χ1) is 14.6. The molecule has 3 aromatic rings. The molecule has 4 rings (SSSR count). The summed E-state index contributed by atoms with van der Waals surface area (Å²) in [6, 6.07) is 10.5. The van der Waals surface area contributed by atoms with Crippen LogP contribution in [0.25, 0.3) is 22.2 Å². The molecule has 1 aromatic heterocycles. The summed E-state index contributed by atoms with van der Waals surface area (Å²) in [6.45, 7) is 4.78. The number of nitrogens with zero attached hydrogens (tertiary/aromatic N) is 2. The van der Waals surface area contributed by atoms with Crippen LogP contribution in [-0.4, -0.2) is 41.2 Å². The second-order valence-corrected chi connectivity index (χ2v) is 8.35. The standard InChI is InChI=1S/C22H21BF2N2O4/c1-21(2)22(3,4)31-23(30-21)15-9-16(14-7-5-13(12-28)6-8-14)19-17(10-15)27-18(11-26-19)29-20(24)25/h5-12,20H,1-4H3. The Kier molecular flexibility index (Phi) is 5.27. The molecule has 160 valence electrons. The minimum absolute atomic E-state index is 0.282. The highest BCUT2D eigenvalue weighted by Gasteiger charge is 2.51. The number of hydrogen-bond donors (Lipinski definition) is 0. The Hall–Kier alpha value is -2.91. The van der Waals surface area contributed by atoms with Gasteiger partial charge in [0.25, 0.3) is 0 Å². The number of carbonyl (C=O) groups excluding carboxylic acids is 1. The molecule has 1 aliphatic rings. The lowest BCUT2D eigenvalue weighted by molar-refractivity contribution is -0.0528. The fourth-order valence-corrected chi connectivity index (χ4v) is 3.35. The molecule has 0 amide bonds. The van der Waals surface area contributed by atoms with E-state index in [0.29, 0.717) is 27.6 Å². The molecule has 9 heteroatoms. The fourth-order valence-electron chi connectivity index (χ4n) is 3.35. The maximum absolute atomic E-state index is 12.7. The summed E-state index contributed by atoms with van der Waals surface area (Å²) in [6.07, 6.45) is 1.92. The highest BCUT2D eigenvalue weighted by molar-refractivity contribution is 6.62. The molecule has 0 saturated carbocycles.